The maximum atomic E-state index is 6.74. The minimum Gasteiger partial charge on any atom is -0.476 e. The molecule has 43 heavy (non-hydrogen) atoms. The summed E-state index contributed by atoms with van der Waals surface area (Å²) in [5.41, 5.74) is 7.40. The lowest BCUT2D eigenvalue weighted by molar-refractivity contribution is 0.0718. The Morgan fingerprint density at radius 1 is 1.02 bits per heavy atom. The number of nitrogens with zero attached hydrogens (tertiary/aromatic N) is 3. The Balaban J connectivity index is 1.20. The maximum absolute atomic E-state index is 6.74. The predicted molar refractivity (Wildman–Crippen MR) is 180 cm³/mol. The molecular weight excluding hydrogens is 528 g/mol. The quantitative estimate of drug-likeness (QED) is 0.243. The number of piperidine rings is 1. The number of allylic oxidation sites excluding steroid dienone is 1. The van der Waals surface area contributed by atoms with Gasteiger partial charge in [0.15, 0.2) is 0 Å². The molecule has 5 aliphatic heterocycles. The molecule has 5 aliphatic rings. The number of nitrogens with one attached hydrogen (secondary N) is 1. The lowest BCUT2D eigenvalue weighted by Gasteiger charge is -2.37. The largest absolute Gasteiger partial charge is 0.476 e. The molecule has 2 bridgehead atoms. The van der Waals surface area contributed by atoms with Crippen LogP contribution in [0.2, 0.25) is 0 Å². The Labute approximate surface area is 259 Å². The lowest BCUT2D eigenvalue weighted by Crippen LogP contribution is -2.43. The first-order valence-electron chi connectivity index (χ1n) is 17.4. The molecular formula is C38H52N4O. The zero-order valence-corrected chi connectivity index (χ0v) is 26.8. The summed E-state index contributed by atoms with van der Waals surface area (Å²) in [6.07, 6.45) is 15.5. The second kappa shape index (κ2) is 12.4. The monoisotopic (exact) mass is 580 g/mol. The van der Waals surface area contributed by atoms with E-state index in [1.54, 1.807) is 0 Å². The molecule has 2 aromatic carbocycles. The van der Waals surface area contributed by atoms with Crippen LogP contribution in [0.25, 0.3) is 10.8 Å². The first-order chi connectivity index (χ1) is 21.1. The second-order valence-electron chi connectivity index (χ2n) is 14.0. The molecule has 4 fully saturated rings. The zero-order chi connectivity index (χ0) is 29.4. The number of anilines is 1. The van der Waals surface area contributed by atoms with Gasteiger partial charge < -0.3 is 15.0 Å². The first kappa shape index (κ1) is 29.1. The van der Waals surface area contributed by atoms with Gasteiger partial charge in [-0.05, 0) is 125 Å². The van der Waals surface area contributed by atoms with E-state index in [-0.39, 0.29) is 5.54 Å². The van der Waals surface area contributed by atoms with E-state index in [1.807, 2.05) is 0 Å². The van der Waals surface area contributed by atoms with Crippen LogP contribution in [0.15, 0.2) is 64.5 Å². The minimum atomic E-state index is 0.243. The van der Waals surface area contributed by atoms with Crippen LogP contribution < -0.4 is 10.2 Å². The summed E-state index contributed by atoms with van der Waals surface area (Å²) in [5.74, 6) is 1.39. The fourth-order valence-electron chi connectivity index (χ4n) is 9.21. The van der Waals surface area contributed by atoms with Crippen molar-refractivity contribution in [2.24, 2.45) is 10.9 Å². The highest BCUT2D eigenvalue weighted by atomic mass is 16.5. The van der Waals surface area contributed by atoms with E-state index in [1.165, 1.54) is 103 Å². The van der Waals surface area contributed by atoms with Crippen molar-refractivity contribution in [3.05, 3.63) is 65.1 Å². The van der Waals surface area contributed by atoms with Crippen LogP contribution in [0.5, 0.6) is 0 Å². The third kappa shape index (κ3) is 5.68. The van der Waals surface area contributed by atoms with Crippen LogP contribution in [-0.2, 0) is 11.2 Å². The van der Waals surface area contributed by atoms with Crippen LogP contribution in [0.4, 0.5) is 5.69 Å². The maximum Gasteiger partial charge on any atom is 0.209 e. The van der Waals surface area contributed by atoms with Crippen molar-refractivity contribution in [1.29, 1.82) is 0 Å². The SMILES string of the molecule is CC/C=C(/N=C(\C1=C(C)CN(c2cccc3cccc(CC)c23)CC1)C1CC2CCC(C1)N2)OCC12CCCN1CCC2. The van der Waals surface area contributed by atoms with Crippen molar-refractivity contribution < 1.29 is 4.74 Å². The van der Waals surface area contributed by atoms with Crippen molar-refractivity contribution in [1.82, 2.24) is 10.2 Å². The van der Waals surface area contributed by atoms with E-state index in [9.17, 15) is 0 Å². The molecule has 1 N–H and O–H groups in total. The van der Waals surface area contributed by atoms with Crippen LogP contribution in [-0.4, -0.2) is 61.0 Å². The number of hydrogen-bond acceptors (Lipinski definition) is 5. The van der Waals surface area contributed by atoms with Crippen molar-refractivity contribution in [2.75, 3.05) is 37.7 Å². The predicted octanol–water partition coefficient (Wildman–Crippen LogP) is 7.80. The second-order valence-corrected chi connectivity index (χ2v) is 14.0. The topological polar surface area (TPSA) is 40.1 Å². The highest BCUT2D eigenvalue weighted by molar-refractivity contribution is 6.04. The molecule has 0 saturated carbocycles. The normalized spacial score (nSPS) is 27.8. The summed E-state index contributed by atoms with van der Waals surface area (Å²) >= 11 is 0. The van der Waals surface area contributed by atoms with Crippen LogP contribution >= 0.6 is 0 Å². The fourth-order valence-corrected chi connectivity index (χ4v) is 9.21. The molecule has 5 heteroatoms. The smallest absolute Gasteiger partial charge is 0.209 e. The zero-order valence-electron chi connectivity index (χ0n) is 26.8. The number of benzene rings is 2. The van der Waals surface area contributed by atoms with E-state index in [0.29, 0.717) is 18.0 Å². The van der Waals surface area contributed by atoms with Gasteiger partial charge in [0.25, 0.3) is 0 Å². The Morgan fingerprint density at radius 2 is 1.77 bits per heavy atom. The van der Waals surface area contributed by atoms with E-state index < -0.39 is 0 Å². The molecule has 0 spiro atoms. The molecule has 0 radical (unpaired) electrons. The van der Waals surface area contributed by atoms with Crippen molar-refractivity contribution in [3.8, 4) is 0 Å². The van der Waals surface area contributed by atoms with Gasteiger partial charge in [-0.1, -0.05) is 44.2 Å². The number of ether oxygens (including phenoxy) is 1. The average molecular weight is 581 g/mol. The molecule has 230 valence electrons. The number of aryl methyl sites for hydroxylation is 1. The van der Waals surface area contributed by atoms with Crippen molar-refractivity contribution in [3.63, 3.8) is 0 Å². The summed E-state index contributed by atoms with van der Waals surface area (Å²) in [5, 5.41) is 6.66. The highest BCUT2D eigenvalue weighted by Gasteiger charge is 2.45. The molecule has 7 rings (SSSR count). The van der Waals surface area contributed by atoms with Gasteiger partial charge in [0.1, 0.15) is 6.61 Å². The third-order valence-corrected chi connectivity index (χ3v) is 11.3. The van der Waals surface area contributed by atoms with E-state index in [2.05, 4.69) is 78.4 Å². The van der Waals surface area contributed by atoms with E-state index in [4.69, 9.17) is 9.73 Å². The Bertz CT molecular complexity index is 1400. The molecule has 0 aliphatic carbocycles. The fraction of sp³-hybridized carbons (Fsp3) is 0.605. The van der Waals surface area contributed by atoms with Gasteiger partial charge in [-0.2, -0.15) is 0 Å². The van der Waals surface area contributed by atoms with Gasteiger partial charge in [0.2, 0.25) is 5.88 Å². The molecule has 0 amide bonds. The van der Waals surface area contributed by atoms with Crippen LogP contribution in [0, 0.1) is 5.92 Å². The standard InChI is InChI=1S/C38H52N4O/c1-4-10-35(43-26-38-18-8-20-42(38)21-9-19-38)40-37(30-23-31-15-16-32(24-30)39-31)33-17-22-41(25-27(33)3)34-14-7-13-29-12-6-11-28(5-2)36(29)34/h6-7,10-14,30-32,39H,4-5,8-9,15-26H2,1-3H3/b35-10-,40-37-. The molecule has 4 saturated heterocycles. The Morgan fingerprint density at radius 3 is 2.47 bits per heavy atom. The summed E-state index contributed by atoms with van der Waals surface area (Å²) in [6.45, 7) is 12.1. The van der Waals surface area contributed by atoms with Gasteiger partial charge in [-0.3, -0.25) is 4.90 Å². The Hall–Kier alpha value is -2.63. The number of aliphatic imine (C=N–C) groups is 1. The van der Waals surface area contributed by atoms with Crippen molar-refractivity contribution in [2.45, 2.75) is 109 Å². The summed E-state index contributed by atoms with van der Waals surface area (Å²) in [7, 11) is 0. The molecule has 5 heterocycles. The van der Waals surface area contributed by atoms with Gasteiger partial charge in [-0.25, -0.2) is 4.99 Å². The molecule has 2 unspecified atom stereocenters. The van der Waals surface area contributed by atoms with Crippen LogP contribution in [0.1, 0.15) is 90.5 Å². The number of rotatable bonds is 9. The van der Waals surface area contributed by atoms with Gasteiger partial charge in [0.05, 0.1) is 11.3 Å². The molecule has 5 nitrogen and oxygen atoms in total. The molecule has 2 atom stereocenters. The average Bonchev–Trinajstić information content (AvgIpc) is 3.71. The number of fused-ring (bicyclic) bond motifs is 4. The summed E-state index contributed by atoms with van der Waals surface area (Å²) < 4.78 is 6.74. The van der Waals surface area contributed by atoms with Crippen molar-refractivity contribution >= 4 is 22.2 Å². The third-order valence-electron chi connectivity index (χ3n) is 11.3. The summed E-state index contributed by atoms with van der Waals surface area (Å²) in [4.78, 5) is 10.9. The number of hydrogen-bond donors (Lipinski definition) is 1. The lowest BCUT2D eigenvalue weighted by atomic mass is 9.81. The van der Waals surface area contributed by atoms with Gasteiger partial charge in [-0.15, -0.1) is 0 Å². The van der Waals surface area contributed by atoms with E-state index in [0.717, 1.165) is 44.8 Å². The van der Waals surface area contributed by atoms with E-state index >= 15 is 0 Å². The highest BCUT2D eigenvalue weighted by Crippen LogP contribution is 2.41. The van der Waals surface area contributed by atoms with Crippen LogP contribution in [0.3, 0.4) is 0 Å². The summed E-state index contributed by atoms with van der Waals surface area (Å²) in [6, 6.07) is 14.9. The molecule has 2 aromatic rings. The minimum absolute atomic E-state index is 0.243. The molecule has 0 aromatic heterocycles. The Kier molecular flexibility index (Phi) is 8.39. The van der Waals surface area contributed by atoms with Gasteiger partial charge >= 0.3 is 0 Å². The van der Waals surface area contributed by atoms with Gasteiger partial charge in [0, 0.05) is 42.2 Å². The first-order valence-corrected chi connectivity index (χ1v) is 17.4.